The smallest absolute Gasteiger partial charge is 0.224 e. The van der Waals surface area contributed by atoms with E-state index >= 15 is 0 Å². The molecule has 3 N–H and O–H groups in total. The van der Waals surface area contributed by atoms with Crippen molar-refractivity contribution in [1.29, 1.82) is 0 Å². The highest BCUT2D eigenvalue weighted by Crippen LogP contribution is 2.25. The molecular formula is C13H24N4O. The summed E-state index contributed by atoms with van der Waals surface area (Å²) in [4.78, 5) is 11.7. The van der Waals surface area contributed by atoms with E-state index in [4.69, 9.17) is 5.73 Å². The van der Waals surface area contributed by atoms with Crippen molar-refractivity contribution in [2.75, 3.05) is 13.6 Å². The highest BCUT2D eigenvalue weighted by Gasteiger charge is 2.25. The number of carbonyl (C=O) groups excluding carboxylic acids is 1. The molecule has 1 rings (SSSR count). The van der Waals surface area contributed by atoms with Crippen LogP contribution in [0.5, 0.6) is 0 Å². The molecule has 0 aliphatic rings. The van der Waals surface area contributed by atoms with Crippen LogP contribution >= 0.6 is 0 Å². The lowest BCUT2D eigenvalue weighted by molar-refractivity contribution is -0.124. The van der Waals surface area contributed by atoms with Crippen molar-refractivity contribution in [2.45, 2.75) is 32.6 Å². The fraction of sp³-hybridized carbons (Fsp3) is 0.692. The van der Waals surface area contributed by atoms with Crippen molar-refractivity contribution in [3.05, 3.63) is 17.5 Å². The number of aromatic nitrogens is 2. The van der Waals surface area contributed by atoms with Gasteiger partial charge in [0, 0.05) is 32.3 Å². The van der Waals surface area contributed by atoms with Gasteiger partial charge in [-0.2, -0.15) is 5.10 Å². The van der Waals surface area contributed by atoms with E-state index < -0.39 is 0 Å². The van der Waals surface area contributed by atoms with Gasteiger partial charge in [-0.15, -0.1) is 0 Å². The number of nitrogens with one attached hydrogen (secondary N) is 1. The molecule has 0 aliphatic carbocycles. The number of rotatable bonds is 4. The topological polar surface area (TPSA) is 72.9 Å². The van der Waals surface area contributed by atoms with Crippen LogP contribution in [-0.4, -0.2) is 29.3 Å². The summed E-state index contributed by atoms with van der Waals surface area (Å²) in [6, 6.07) is 0. The van der Waals surface area contributed by atoms with E-state index in [-0.39, 0.29) is 17.2 Å². The van der Waals surface area contributed by atoms with Gasteiger partial charge in [-0.25, -0.2) is 0 Å². The Bertz CT molecular complexity index is 417. The predicted molar refractivity (Wildman–Crippen MR) is 72.2 cm³/mol. The third-order valence-corrected chi connectivity index (χ3v) is 2.98. The predicted octanol–water partition coefficient (Wildman–Crippen LogP) is 0.581. The monoisotopic (exact) mass is 252 g/mol. The van der Waals surface area contributed by atoms with Crippen LogP contribution in [-0.2, 0) is 23.7 Å². The summed E-state index contributed by atoms with van der Waals surface area (Å²) in [6.07, 6.45) is 2.61. The van der Waals surface area contributed by atoms with Gasteiger partial charge in [0.2, 0.25) is 5.91 Å². The second-order valence-electron chi connectivity index (χ2n) is 5.68. The van der Waals surface area contributed by atoms with Gasteiger partial charge in [0.25, 0.3) is 0 Å². The molecule has 1 unspecified atom stereocenters. The molecule has 1 amide bonds. The van der Waals surface area contributed by atoms with Crippen LogP contribution in [0.3, 0.4) is 0 Å². The fourth-order valence-electron chi connectivity index (χ4n) is 2.07. The van der Waals surface area contributed by atoms with E-state index in [1.807, 2.05) is 13.2 Å². The second-order valence-corrected chi connectivity index (χ2v) is 5.68. The van der Waals surface area contributed by atoms with Gasteiger partial charge in [-0.1, -0.05) is 20.8 Å². The number of hydrogen-bond acceptors (Lipinski definition) is 3. The molecular weight excluding hydrogens is 228 g/mol. The van der Waals surface area contributed by atoms with E-state index in [1.54, 1.807) is 11.7 Å². The first-order valence-corrected chi connectivity index (χ1v) is 6.24. The maximum atomic E-state index is 11.7. The van der Waals surface area contributed by atoms with Crippen molar-refractivity contribution < 1.29 is 4.79 Å². The lowest BCUT2D eigenvalue weighted by Gasteiger charge is -2.19. The first kappa shape index (κ1) is 14.7. The number of aryl methyl sites for hydroxylation is 1. The van der Waals surface area contributed by atoms with Crippen molar-refractivity contribution in [2.24, 2.45) is 18.7 Å². The summed E-state index contributed by atoms with van der Waals surface area (Å²) >= 11 is 0. The van der Waals surface area contributed by atoms with E-state index in [1.165, 1.54) is 0 Å². The SMILES string of the molecule is CNC(=O)C(CN)Cc1cn(C)nc1C(C)(C)C. The number of nitrogens with zero attached hydrogens (tertiary/aromatic N) is 2. The highest BCUT2D eigenvalue weighted by molar-refractivity contribution is 5.78. The fourth-order valence-corrected chi connectivity index (χ4v) is 2.07. The molecule has 5 nitrogen and oxygen atoms in total. The molecule has 0 aliphatic heterocycles. The van der Waals surface area contributed by atoms with E-state index in [2.05, 4.69) is 31.2 Å². The van der Waals surface area contributed by atoms with Gasteiger partial charge in [-0.05, 0) is 12.0 Å². The zero-order valence-corrected chi connectivity index (χ0v) is 11.9. The van der Waals surface area contributed by atoms with Crippen molar-refractivity contribution in [3.63, 3.8) is 0 Å². The number of nitrogens with two attached hydrogens (primary N) is 1. The summed E-state index contributed by atoms with van der Waals surface area (Å²) in [5.74, 6) is -0.207. The van der Waals surface area contributed by atoms with Gasteiger partial charge in [-0.3, -0.25) is 9.48 Å². The van der Waals surface area contributed by atoms with Gasteiger partial charge in [0.1, 0.15) is 0 Å². The molecule has 0 fully saturated rings. The normalized spacial score (nSPS) is 13.4. The van der Waals surface area contributed by atoms with E-state index in [0.717, 1.165) is 11.3 Å². The van der Waals surface area contributed by atoms with Gasteiger partial charge in [0.15, 0.2) is 0 Å². The Hall–Kier alpha value is -1.36. The van der Waals surface area contributed by atoms with Crippen LogP contribution in [0.1, 0.15) is 32.0 Å². The Labute approximate surface area is 109 Å². The van der Waals surface area contributed by atoms with Gasteiger partial charge in [0.05, 0.1) is 11.6 Å². The Morgan fingerprint density at radius 3 is 2.61 bits per heavy atom. The third kappa shape index (κ3) is 3.32. The lowest BCUT2D eigenvalue weighted by atomic mass is 9.86. The average Bonchev–Trinajstić information content (AvgIpc) is 2.66. The van der Waals surface area contributed by atoms with Crippen molar-refractivity contribution in [1.82, 2.24) is 15.1 Å². The maximum absolute atomic E-state index is 11.7. The molecule has 5 heteroatoms. The Morgan fingerprint density at radius 2 is 2.17 bits per heavy atom. The van der Waals surface area contributed by atoms with Crippen molar-refractivity contribution >= 4 is 5.91 Å². The molecule has 18 heavy (non-hydrogen) atoms. The Balaban J connectivity index is 3.00. The van der Waals surface area contributed by atoms with Crippen LogP contribution < -0.4 is 11.1 Å². The van der Waals surface area contributed by atoms with Crippen LogP contribution in [0.4, 0.5) is 0 Å². The van der Waals surface area contributed by atoms with E-state index in [0.29, 0.717) is 13.0 Å². The quantitative estimate of drug-likeness (QED) is 0.823. The Morgan fingerprint density at radius 1 is 1.56 bits per heavy atom. The van der Waals surface area contributed by atoms with E-state index in [9.17, 15) is 4.79 Å². The minimum Gasteiger partial charge on any atom is -0.359 e. The summed E-state index contributed by atoms with van der Waals surface area (Å²) in [5.41, 5.74) is 7.78. The largest absolute Gasteiger partial charge is 0.359 e. The second kappa shape index (κ2) is 5.52. The summed E-state index contributed by atoms with van der Waals surface area (Å²) < 4.78 is 1.80. The molecule has 0 saturated heterocycles. The maximum Gasteiger partial charge on any atom is 0.224 e. The number of hydrogen-bond donors (Lipinski definition) is 2. The lowest BCUT2D eigenvalue weighted by Crippen LogP contribution is -2.34. The molecule has 1 aromatic rings. The van der Waals surface area contributed by atoms with Crippen molar-refractivity contribution in [3.8, 4) is 0 Å². The molecule has 102 valence electrons. The first-order chi connectivity index (χ1) is 8.29. The summed E-state index contributed by atoms with van der Waals surface area (Å²) in [6.45, 7) is 6.71. The summed E-state index contributed by atoms with van der Waals surface area (Å²) in [5, 5.41) is 7.15. The zero-order valence-electron chi connectivity index (χ0n) is 11.9. The average molecular weight is 252 g/mol. The number of carbonyl (C=O) groups is 1. The van der Waals surface area contributed by atoms with Crippen LogP contribution in [0.25, 0.3) is 0 Å². The molecule has 1 aromatic heterocycles. The summed E-state index contributed by atoms with van der Waals surface area (Å²) in [7, 11) is 3.54. The first-order valence-electron chi connectivity index (χ1n) is 6.24. The molecule has 0 aromatic carbocycles. The molecule has 0 saturated carbocycles. The zero-order chi connectivity index (χ0) is 13.9. The van der Waals surface area contributed by atoms with Crippen LogP contribution in [0, 0.1) is 5.92 Å². The minimum absolute atomic E-state index is 0.0128. The van der Waals surface area contributed by atoms with Gasteiger partial charge < -0.3 is 11.1 Å². The number of amides is 1. The standard InChI is InChI=1S/C13H24N4O/c1-13(2,3)11-10(8-17(5)16-11)6-9(7-14)12(18)15-4/h8-9H,6-7,14H2,1-5H3,(H,15,18). The van der Waals surface area contributed by atoms with Crippen LogP contribution in [0.15, 0.2) is 6.20 Å². The minimum atomic E-state index is -0.194. The van der Waals surface area contributed by atoms with Crippen LogP contribution in [0.2, 0.25) is 0 Å². The molecule has 0 bridgehead atoms. The molecule has 1 atom stereocenters. The molecule has 1 heterocycles. The van der Waals surface area contributed by atoms with Gasteiger partial charge >= 0.3 is 0 Å². The molecule has 0 spiro atoms. The molecule has 0 radical (unpaired) electrons. The highest BCUT2D eigenvalue weighted by atomic mass is 16.1. The third-order valence-electron chi connectivity index (χ3n) is 2.98. The Kier molecular flexibility index (Phi) is 4.51.